The van der Waals surface area contributed by atoms with Gasteiger partial charge in [-0.15, -0.1) is 0 Å². The molecule has 2 rings (SSSR count). The van der Waals surface area contributed by atoms with Gasteiger partial charge in [-0.05, 0) is 30.3 Å². The lowest BCUT2D eigenvalue weighted by molar-refractivity contribution is 0.102. The molecular formula is C13H10ClFN4O2. The molecule has 1 aromatic carbocycles. The smallest absolute Gasteiger partial charge is 0.274 e. The van der Waals surface area contributed by atoms with E-state index in [1.165, 1.54) is 24.3 Å². The monoisotopic (exact) mass is 308 g/mol. The van der Waals surface area contributed by atoms with Gasteiger partial charge in [0, 0.05) is 10.6 Å². The van der Waals surface area contributed by atoms with E-state index >= 15 is 0 Å². The van der Waals surface area contributed by atoms with E-state index < -0.39 is 11.7 Å². The fourth-order valence-corrected chi connectivity index (χ4v) is 1.77. The van der Waals surface area contributed by atoms with E-state index in [0.29, 0.717) is 5.02 Å². The van der Waals surface area contributed by atoms with Gasteiger partial charge in [-0.1, -0.05) is 16.8 Å². The maximum atomic E-state index is 12.8. The topological polar surface area (TPSA) is 101 Å². The van der Waals surface area contributed by atoms with Crippen LogP contribution in [0.5, 0.6) is 0 Å². The predicted molar refractivity (Wildman–Crippen MR) is 76.1 cm³/mol. The molecule has 6 nitrogen and oxygen atoms in total. The number of pyridine rings is 1. The average molecular weight is 309 g/mol. The molecule has 108 valence electrons. The Morgan fingerprint density at radius 3 is 2.76 bits per heavy atom. The highest BCUT2D eigenvalue weighted by Crippen LogP contribution is 2.21. The van der Waals surface area contributed by atoms with E-state index in [1.807, 2.05) is 0 Å². The van der Waals surface area contributed by atoms with Crippen molar-refractivity contribution < 1.29 is 14.4 Å². The number of benzene rings is 1. The SMILES string of the molecule is N/C(=N/O)c1ccc(Cl)cc1NC(=O)c1ccc(F)cn1. The summed E-state index contributed by atoms with van der Waals surface area (Å²) in [6.45, 7) is 0. The zero-order valence-electron chi connectivity index (χ0n) is 10.5. The predicted octanol–water partition coefficient (Wildman–Crippen LogP) is 2.22. The van der Waals surface area contributed by atoms with E-state index in [4.69, 9.17) is 22.5 Å². The van der Waals surface area contributed by atoms with E-state index in [1.54, 1.807) is 0 Å². The van der Waals surface area contributed by atoms with E-state index in [0.717, 1.165) is 12.3 Å². The highest BCUT2D eigenvalue weighted by molar-refractivity contribution is 6.31. The number of nitrogens with zero attached hydrogens (tertiary/aromatic N) is 2. The van der Waals surface area contributed by atoms with Crippen LogP contribution in [0.3, 0.4) is 0 Å². The number of hydrogen-bond acceptors (Lipinski definition) is 4. The summed E-state index contributed by atoms with van der Waals surface area (Å²) in [5, 5.41) is 14.5. The third-order valence-corrected chi connectivity index (χ3v) is 2.81. The van der Waals surface area contributed by atoms with Gasteiger partial charge in [-0.25, -0.2) is 9.37 Å². The molecule has 8 heteroatoms. The first kappa shape index (κ1) is 14.7. The van der Waals surface area contributed by atoms with Crippen LogP contribution < -0.4 is 11.1 Å². The van der Waals surface area contributed by atoms with Gasteiger partial charge >= 0.3 is 0 Å². The second-order valence-corrected chi connectivity index (χ2v) is 4.43. The van der Waals surface area contributed by atoms with Crippen molar-refractivity contribution in [3.8, 4) is 0 Å². The number of carbonyl (C=O) groups is 1. The van der Waals surface area contributed by atoms with Gasteiger partial charge in [0.15, 0.2) is 5.84 Å². The molecule has 0 atom stereocenters. The number of nitrogens with two attached hydrogens (primary N) is 1. The summed E-state index contributed by atoms with van der Waals surface area (Å²) >= 11 is 5.86. The number of hydrogen-bond donors (Lipinski definition) is 3. The molecule has 1 heterocycles. The molecule has 0 unspecified atom stereocenters. The average Bonchev–Trinajstić information content (AvgIpc) is 2.47. The van der Waals surface area contributed by atoms with Crippen LogP contribution in [0.1, 0.15) is 16.1 Å². The number of amidine groups is 1. The number of rotatable bonds is 3. The lowest BCUT2D eigenvalue weighted by Gasteiger charge is -2.10. The molecule has 0 bridgehead atoms. The molecule has 0 radical (unpaired) electrons. The maximum absolute atomic E-state index is 12.8. The molecular weight excluding hydrogens is 299 g/mol. The molecule has 4 N–H and O–H groups in total. The minimum atomic E-state index is -0.579. The Morgan fingerprint density at radius 1 is 1.38 bits per heavy atom. The van der Waals surface area contributed by atoms with Gasteiger partial charge < -0.3 is 16.3 Å². The van der Waals surface area contributed by atoms with Gasteiger partial charge in [0.05, 0.1) is 11.9 Å². The van der Waals surface area contributed by atoms with Gasteiger partial charge in [-0.2, -0.15) is 0 Å². The molecule has 21 heavy (non-hydrogen) atoms. The van der Waals surface area contributed by atoms with Crippen molar-refractivity contribution in [3.05, 3.63) is 58.6 Å². The van der Waals surface area contributed by atoms with Crippen molar-refractivity contribution in [1.29, 1.82) is 0 Å². The second kappa shape index (κ2) is 6.19. The molecule has 0 fully saturated rings. The molecule has 0 aliphatic heterocycles. The fraction of sp³-hybridized carbons (Fsp3) is 0. The Bertz CT molecular complexity index is 704. The third-order valence-electron chi connectivity index (χ3n) is 2.57. The molecule has 2 aromatic rings. The normalized spacial score (nSPS) is 11.2. The Labute approximate surface area is 124 Å². The molecule has 1 amide bonds. The molecule has 0 spiro atoms. The summed E-state index contributed by atoms with van der Waals surface area (Å²) in [7, 11) is 0. The first-order valence-corrected chi connectivity index (χ1v) is 6.09. The molecule has 0 saturated carbocycles. The maximum Gasteiger partial charge on any atom is 0.274 e. The minimum absolute atomic E-state index is 0.0156. The van der Waals surface area contributed by atoms with Gasteiger partial charge in [-0.3, -0.25) is 4.79 Å². The van der Waals surface area contributed by atoms with Crippen LogP contribution in [-0.2, 0) is 0 Å². The number of anilines is 1. The highest BCUT2D eigenvalue weighted by atomic mass is 35.5. The standard InChI is InChI=1S/C13H10ClFN4O2/c14-7-1-3-9(12(16)19-21)11(5-7)18-13(20)10-4-2-8(15)6-17-10/h1-6,21H,(H2,16,19)(H,18,20). The number of nitrogens with one attached hydrogen (secondary N) is 1. The Kier molecular flexibility index (Phi) is 4.34. The number of carbonyl (C=O) groups excluding carboxylic acids is 1. The zero-order valence-corrected chi connectivity index (χ0v) is 11.3. The van der Waals surface area contributed by atoms with Crippen LogP contribution in [0.2, 0.25) is 5.02 Å². The van der Waals surface area contributed by atoms with E-state index in [-0.39, 0.29) is 22.8 Å². The second-order valence-electron chi connectivity index (χ2n) is 3.99. The van der Waals surface area contributed by atoms with Crippen LogP contribution in [0.4, 0.5) is 10.1 Å². The van der Waals surface area contributed by atoms with Crippen molar-refractivity contribution in [2.45, 2.75) is 0 Å². The first-order chi connectivity index (χ1) is 10.0. The number of halogens is 2. The van der Waals surface area contributed by atoms with Crippen molar-refractivity contribution >= 4 is 29.0 Å². The zero-order chi connectivity index (χ0) is 15.4. The molecule has 0 aliphatic carbocycles. The first-order valence-electron chi connectivity index (χ1n) is 5.71. The lowest BCUT2D eigenvalue weighted by Crippen LogP contribution is -2.19. The van der Waals surface area contributed by atoms with Crippen molar-refractivity contribution in [2.24, 2.45) is 10.9 Å². The van der Waals surface area contributed by atoms with Gasteiger partial charge in [0.1, 0.15) is 11.5 Å². The van der Waals surface area contributed by atoms with Crippen LogP contribution in [0, 0.1) is 5.82 Å². The van der Waals surface area contributed by atoms with E-state index in [2.05, 4.69) is 15.5 Å². The van der Waals surface area contributed by atoms with Crippen LogP contribution in [-0.4, -0.2) is 21.9 Å². The fourth-order valence-electron chi connectivity index (χ4n) is 1.59. The highest BCUT2D eigenvalue weighted by Gasteiger charge is 2.13. The van der Waals surface area contributed by atoms with Crippen LogP contribution in [0.25, 0.3) is 0 Å². The summed E-state index contributed by atoms with van der Waals surface area (Å²) < 4.78 is 12.8. The number of oxime groups is 1. The van der Waals surface area contributed by atoms with Crippen molar-refractivity contribution in [3.63, 3.8) is 0 Å². The largest absolute Gasteiger partial charge is 0.409 e. The minimum Gasteiger partial charge on any atom is -0.409 e. The van der Waals surface area contributed by atoms with Crippen LogP contribution in [0.15, 0.2) is 41.7 Å². The summed E-state index contributed by atoms with van der Waals surface area (Å²) in [6.07, 6.45) is 0.928. The van der Waals surface area contributed by atoms with Crippen molar-refractivity contribution in [1.82, 2.24) is 4.98 Å². The summed E-state index contributed by atoms with van der Waals surface area (Å²) in [5.41, 5.74) is 6.07. The molecule has 0 saturated heterocycles. The quantitative estimate of drug-likeness (QED) is 0.350. The number of aromatic nitrogens is 1. The Hall–Kier alpha value is -2.67. The van der Waals surface area contributed by atoms with Crippen molar-refractivity contribution in [2.75, 3.05) is 5.32 Å². The van der Waals surface area contributed by atoms with Gasteiger partial charge in [0.2, 0.25) is 0 Å². The summed E-state index contributed by atoms with van der Waals surface area (Å²) in [6, 6.07) is 6.81. The molecule has 1 aromatic heterocycles. The number of amides is 1. The third kappa shape index (κ3) is 3.46. The molecule has 0 aliphatic rings. The van der Waals surface area contributed by atoms with Crippen LogP contribution >= 0.6 is 11.6 Å². The lowest BCUT2D eigenvalue weighted by atomic mass is 10.1. The Balaban J connectivity index is 2.32. The summed E-state index contributed by atoms with van der Waals surface area (Å²) in [5.74, 6) is -1.31. The van der Waals surface area contributed by atoms with E-state index in [9.17, 15) is 9.18 Å². The van der Waals surface area contributed by atoms with Gasteiger partial charge in [0.25, 0.3) is 5.91 Å². The summed E-state index contributed by atoms with van der Waals surface area (Å²) in [4.78, 5) is 15.7. The Morgan fingerprint density at radius 2 is 2.14 bits per heavy atom.